The Balaban J connectivity index is 1.53. The molecule has 6 aromatic rings. The summed E-state index contributed by atoms with van der Waals surface area (Å²) < 4.78 is 48.2. The van der Waals surface area contributed by atoms with E-state index in [9.17, 15) is 0 Å². The maximum Gasteiger partial charge on any atom is 0.144 e. The summed E-state index contributed by atoms with van der Waals surface area (Å²) in [6.07, 6.45) is 0.642. The van der Waals surface area contributed by atoms with Crippen LogP contribution in [0.4, 0.5) is 0 Å². The third kappa shape index (κ3) is 4.58. The summed E-state index contributed by atoms with van der Waals surface area (Å²) in [5, 5.41) is 6.12. The van der Waals surface area contributed by atoms with Crippen molar-refractivity contribution in [3.05, 3.63) is 89.6 Å². The van der Waals surface area contributed by atoms with Crippen molar-refractivity contribution < 1.29 is 11.3 Å². The first-order valence-corrected chi connectivity index (χ1v) is 13.3. The van der Waals surface area contributed by atoms with Crippen LogP contribution >= 0.6 is 0 Å². The maximum atomic E-state index is 8.73. The smallest absolute Gasteiger partial charge is 0.144 e. The van der Waals surface area contributed by atoms with E-state index in [2.05, 4.69) is 50.0 Å². The van der Waals surface area contributed by atoms with Gasteiger partial charge in [-0.25, -0.2) is 0 Å². The standard InChI is InChI=1S/C36H37NO/c1-22-21-37-32(17-26(22)20-36(5,6)7)29-10-8-9-28-31-16-25-13-12-24-15-23(19-35(2,3)4)11-14-27(24)30(25)18-33(31)38-34(28)29/h8-18,21H,19-20H2,1-7H3/i1D3,19D2. The predicted octanol–water partition coefficient (Wildman–Crippen LogP) is 10.4. The molecule has 6 rings (SSSR count). The summed E-state index contributed by atoms with van der Waals surface area (Å²) in [5.74, 6) is 0. The van der Waals surface area contributed by atoms with Crippen LogP contribution in [0.25, 0.3) is 54.7 Å². The number of fused-ring (bicyclic) bond motifs is 6. The van der Waals surface area contributed by atoms with Gasteiger partial charge in [-0.15, -0.1) is 0 Å². The highest BCUT2D eigenvalue weighted by Crippen LogP contribution is 2.39. The summed E-state index contributed by atoms with van der Waals surface area (Å²) >= 11 is 0. The first kappa shape index (κ1) is 19.4. The number of rotatable bonds is 3. The number of furan rings is 1. The SMILES string of the molecule is [2H]C([2H])([2H])c1cnc(-c2cccc3c2oc2cc4c(ccc5cc(C([2H])([2H])C(C)(C)C)ccc54)cc23)cc1CC(C)(C)C. The normalized spacial score (nSPS) is 15.5. The van der Waals surface area contributed by atoms with Crippen LogP contribution in [0.2, 0.25) is 0 Å². The Bertz CT molecular complexity index is 2040. The third-order valence-electron chi connectivity index (χ3n) is 6.96. The molecule has 192 valence electrons. The van der Waals surface area contributed by atoms with Crippen molar-refractivity contribution in [3.63, 3.8) is 0 Å². The molecule has 0 saturated heterocycles. The highest BCUT2D eigenvalue weighted by atomic mass is 16.3. The van der Waals surface area contributed by atoms with E-state index < -0.39 is 18.6 Å². The first-order chi connectivity index (χ1) is 19.9. The van der Waals surface area contributed by atoms with Crippen molar-refractivity contribution in [2.45, 2.75) is 61.2 Å². The highest BCUT2D eigenvalue weighted by Gasteiger charge is 2.18. The van der Waals surface area contributed by atoms with Gasteiger partial charge in [-0.05, 0) is 93.0 Å². The molecular formula is C36H37NO. The highest BCUT2D eigenvalue weighted by molar-refractivity contribution is 6.17. The molecule has 38 heavy (non-hydrogen) atoms. The molecule has 0 aliphatic rings. The van der Waals surface area contributed by atoms with E-state index in [-0.39, 0.29) is 5.41 Å². The quantitative estimate of drug-likeness (QED) is 0.224. The third-order valence-corrected chi connectivity index (χ3v) is 6.96. The van der Waals surface area contributed by atoms with Gasteiger partial charge in [0.1, 0.15) is 11.2 Å². The topological polar surface area (TPSA) is 26.0 Å². The summed E-state index contributed by atoms with van der Waals surface area (Å²) in [6, 6.07) is 22.2. The van der Waals surface area contributed by atoms with E-state index in [1.165, 1.54) is 6.20 Å². The van der Waals surface area contributed by atoms with Crippen molar-refractivity contribution in [1.82, 2.24) is 4.98 Å². The average Bonchev–Trinajstić information content (AvgIpc) is 3.27. The molecule has 0 spiro atoms. The van der Waals surface area contributed by atoms with Gasteiger partial charge in [0.05, 0.1) is 5.69 Å². The Morgan fingerprint density at radius 2 is 1.58 bits per heavy atom. The van der Waals surface area contributed by atoms with E-state index >= 15 is 0 Å². The van der Waals surface area contributed by atoms with Gasteiger partial charge in [0.15, 0.2) is 0 Å². The van der Waals surface area contributed by atoms with Gasteiger partial charge in [-0.2, -0.15) is 0 Å². The zero-order chi connectivity index (χ0) is 31.1. The van der Waals surface area contributed by atoms with Gasteiger partial charge in [0.2, 0.25) is 0 Å². The molecule has 2 heterocycles. The van der Waals surface area contributed by atoms with Crippen LogP contribution in [0.5, 0.6) is 0 Å². The molecule has 0 aliphatic carbocycles. The average molecular weight is 505 g/mol. The fraction of sp³-hybridized carbons (Fsp3) is 0.306. The van der Waals surface area contributed by atoms with Crippen molar-refractivity contribution in [3.8, 4) is 11.3 Å². The Labute approximate surface area is 232 Å². The minimum Gasteiger partial charge on any atom is -0.455 e. The van der Waals surface area contributed by atoms with E-state index in [0.29, 0.717) is 28.8 Å². The maximum absolute atomic E-state index is 8.73. The van der Waals surface area contributed by atoms with Crippen molar-refractivity contribution in [2.24, 2.45) is 10.8 Å². The Kier molecular flexibility index (Phi) is 4.45. The zero-order valence-corrected chi connectivity index (χ0v) is 23.0. The summed E-state index contributed by atoms with van der Waals surface area (Å²) in [4.78, 5) is 4.62. The summed E-state index contributed by atoms with van der Waals surface area (Å²) in [5.41, 5.74) is 4.09. The molecule has 0 bridgehead atoms. The monoisotopic (exact) mass is 504 g/mol. The van der Waals surface area contributed by atoms with Crippen LogP contribution in [0.15, 0.2) is 77.3 Å². The number of nitrogens with zero attached hydrogens (tertiary/aromatic N) is 1. The van der Waals surface area contributed by atoms with Crippen molar-refractivity contribution in [2.75, 3.05) is 0 Å². The van der Waals surface area contributed by atoms with Crippen LogP contribution < -0.4 is 0 Å². The zero-order valence-electron chi connectivity index (χ0n) is 28.0. The minimum absolute atomic E-state index is 0.0940. The fourth-order valence-corrected chi connectivity index (χ4v) is 5.43. The van der Waals surface area contributed by atoms with Crippen molar-refractivity contribution in [1.29, 1.82) is 0 Å². The molecule has 0 amide bonds. The Morgan fingerprint density at radius 3 is 2.32 bits per heavy atom. The Morgan fingerprint density at radius 1 is 0.789 bits per heavy atom. The lowest BCUT2D eigenvalue weighted by molar-refractivity contribution is 0.410. The Hall–Kier alpha value is -3.65. The molecule has 0 N–H and O–H groups in total. The molecule has 0 saturated carbocycles. The van der Waals surface area contributed by atoms with Crippen LogP contribution in [-0.4, -0.2) is 4.98 Å². The molecule has 0 fully saturated rings. The van der Waals surface area contributed by atoms with E-state index in [1.54, 1.807) is 0 Å². The molecule has 0 atom stereocenters. The lowest BCUT2D eigenvalue weighted by Gasteiger charge is -2.20. The molecular weight excluding hydrogens is 462 g/mol. The number of hydrogen-bond donors (Lipinski definition) is 0. The molecule has 0 unspecified atom stereocenters. The van der Waals surface area contributed by atoms with Crippen LogP contribution in [0.1, 0.15) is 65.1 Å². The van der Waals surface area contributed by atoms with E-state index in [0.717, 1.165) is 49.0 Å². The molecule has 2 nitrogen and oxygen atoms in total. The lowest BCUT2D eigenvalue weighted by Crippen LogP contribution is -2.10. The molecule has 4 aromatic carbocycles. The number of hydrogen-bond acceptors (Lipinski definition) is 2. The molecule has 0 aliphatic heterocycles. The lowest BCUT2D eigenvalue weighted by atomic mass is 9.86. The van der Waals surface area contributed by atoms with Crippen LogP contribution in [0, 0.1) is 17.7 Å². The molecule has 2 heteroatoms. The number of para-hydroxylation sites is 1. The number of aromatic nitrogens is 1. The van der Waals surface area contributed by atoms with Crippen LogP contribution in [-0.2, 0) is 12.8 Å². The molecule has 2 aromatic heterocycles. The number of pyridine rings is 1. The minimum atomic E-state index is -2.24. The molecule has 0 radical (unpaired) electrons. The van der Waals surface area contributed by atoms with Crippen molar-refractivity contribution >= 4 is 43.5 Å². The number of aryl methyl sites for hydroxylation is 1. The first-order valence-electron chi connectivity index (χ1n) is 15.8. The second-order valence-corrected chi connectivity index (χ2v) is 12.7. The second-order valence-electron chi connectivity index (χ2n) is 12.7. The van der Waals surface area contributed by atoms with Gasteiger partial charge >= 0.3 is 0 Å². The van der Waals surface area contributed by atoms with Gasteiger partial charge in [-0.1, -0.05) is 84.0 Å². The van der Waals surface area contributed by atoms with Gasteiger partial charge in [0.25, 0.3) is 0 Å². The number of benzene rings is 4. The summed E-state index contributed by atoms with van der Waals surface area (Å²) in [7, 11) is 0. The fourth-order valence-electron chi connectivity index (χ4n) is 5.43. The second kappa shape index (κ2) is 8.70. The van der Waals surface area contributed by atoms with Crippen LogP contribution in [0.3, 0.4) is 0 Å². The van der Waals surface area contributed by atoms with Gasteiger partial charge in [-0.3, -0.25) is 4.98 Å². The van der Waals surface area contributed by atoms with Gasteiger partial charge < -0.3 is 4.42 Å². The van der Waals surface area contributed by atoms with E-state index in [1.807, 2.05) is 63.2 Å². The summed E-state index contributed by atoms with van der Waals surface area (Å²) in [6.45, 7) is 9.84. The van der Waals surface area contributed by atoms with Gasteiger partial charge in [0, 0.05) is 29.4 Å². The largest absolute Gasteiger partial charge is 0.455 e. The van der Waals surface area contributed by atoms with E-state index in [4.69, 9.17) is 11.3 Å². The predicted molar refractivity (Wildman–Crippen MR) is 163 cm³/mol.